The van der Waals surface area contributed by atoms with Crippen molar-refractivity contribution in [1.29, 1.82) is 0 Å². The van der Waals surface area contributed by atoms with Crippen molar-refractivity contribution in [2.75, 3.05) is 26.7 Å². The Morgan fingerprint density at radius 3 is 1.61 bits per heavy atom. The molecule has 0 saturated carbocycles. The molecule has 162 valence electrons. The molecule has 0 bridgehead atoms. The first-order valence-electron chi connectivity index (χ1n) is 11.7. The lowest BCUT2D eigenvalue weighted by molar-refractivity contribution is -0.902. The fourth-order valence-corrected chi connectivity index (χ4v) is 4.04. The van der Waals surface area contributed by atoms with E-state index in [0.717, 1.165) is 11.0 Å². The van der Waals surface area contributed by atoms with Crippen LogP contribution in [0, 0.1) is 0 Å². The molecular formula is C26H46BrN. The van der Waals surface area contributed by atoms with E-state index in [0.29, 0.717) is 0 Å². The van der Waals surface area contributed by atoms with Crippen molar-refractivity contribution in [2.24, 2.45) is 0 Å². The standard InChI is InChI=1S/C26H46N.BrH/c1-5-7-9-11-13-18-22-27(4,23-19-14-12-10-8-6-2)24-25(3)26-20-16-15-17-21-26;/h15-17,20-21H,3,5-14,18-19,22-24H2,1-2,4H3;1H/q+1;/p-1. The summed E-state index contributed by atoms with van der Waals surface area (Å²) in [7, 11) is 2.46. The minimum absolute atomic E-state index is 0. The Balaban J connectivity index is 0.00000729. The Kier molecular flexibility index (Phi) is 16.9. The molecule has 0 heterocycles. The van der Waals surface area contributed by atoms with Crippen molar-refractivity contribution in [3.8, 4) is 0 Å². The van der Waals surface area contributed by atoms with E-state index in [-0.39, 0.29) is 17.0 Å². The lowest BCUT2D eigenvalue weighted by Gasteiger charge is -2.35. The van der Waals surface area contributed by atoms with Crippen molar-refractivity contribution >= 4 is 5.57 Å². The number of hydrogen-bond acceptors (Lipinski definition) is 0. The number of likely N-dealkylation sites (N-methyl/N-ethyl adjacent to an activating group) is 1. The summed E-state index contributed by atoms with van der Waals surface area (Å²) in [5, 5.41) is 0. The number of quaternary nitrogens is 1. The Morgan fingerprint density at radius 1 is 0.714 bits per heavy atom. The fourth-order valence-electron chi connectivity index (χ4n) is 4.04. The van der Waals surface area contributed by atoms with Gasteiger partial charge in [0, 0.05) is 5.57 Å². The van der Waals surface area contributed by atoms with Gasteiger partial charge in [-0.15, -0.1) is 0 Å². The average Bonchev–Trinajstić information content (AvgIpc) is 2.68. The zero-order valence-electron chi connectivity index (χ0n) is 19.0. The summed E-state index contributed by atoms with van der Waals surface area (Å²) in [6.45, 7) is 12.7. The molecule has 1 aromatic carbocycles. The Morgan fingerprint density at radius 2 is 1.14 bits per heavy atom. The normalized spacial score (nSPS) is 11.2. The number of unbranched alkanes of at least 4 members (excludes halogenated alkanes) is 10. The van der Waals surface area contributed by atoms with Gasteiger partial charge in [0.15, 0.2) is 0 Å². The van der Waals surface area contributed by atoms with Gasteiger partial charge in [-0.25, -0.2) is 0 Å². The van der Waals surface area contributed by atoms with Gasteiger partial charge < -0.3 is 21.5 Å². The summed E-state index contributed by atoms with van der Waals surface area (Å²) in [4.78, 5) is 0. The minimum Gasteiger partial charge on any atom is -1.00 e. The van der Waals surface area contributed by atoms with E-state index < -0.39 is 0 Å². The topological polar surface area (TPSA) is 0 Å². The van der Waals surface area contributed by atoms with E-state index in [1.165, 1.54) is 101 Å². The Labute approximate surface area is 187 Å². The summed E-state index contributed by atoms with van der Waals surface area (Å²) in [6.07, 6.45) is 16.6. The molecule has 0 aliphatic carbocycles. The molecule has 0 atom stereocenters. The predicted molar refractivity (Wildman–Crippen MR) is 123 cm³/mol. The van der Waals surface area contributed by atoms with Gasteiger partial charge in [-0.05, 0) is 31.2 Å². The van der Waals surface area contributed by atoms with E-state index in [2.05, 4.69) is 57.8 Å². The summed E-state index contributed by atoms with van der Waals surface area (Å²) in [6, 6.07) is 10.8. The van der Waals surface area contributed by atoms with Gasteiger partial charge in [-0.2, -0.15) is 0 Å². The quantitative estimate of drug-likeness (QED) is 0.234. The van der Waals surface area contributed by atoms with Crippen LogP contribution in [0.25, 0.3) is 5.57 Å². The monoisotopic (exact) mass is 451 g/mol. The van der Waals surface area contributed by atoms with Gasteiger partial charge in [0.1, 0.15) is 6.54 Å². The second-order valence-electron chi connectivity index (χ2n) is 8.73. The highest BCUT2D eigenvalue weighted by Crippen LogP contribution is 2.20. The van der Waals surface area contributed by atoms with Crippen LogP contribution in [0.2, 0.25) is 0 Å². The maximum absolute atomic E-state index is 4.43. The van der Waals surface area contributed by atoms with Crippen LogP contribution in [0.15, 0.2) is 36.9 Å². The highest BCUT2D eigenvalue weighted by atomic mass is 79.9. The van der Waals surface area contributed by atoms with Crippen molar-refractivity contribution in [2.45, 2.75) is 90.9 Å². The maximum Gasteiger partial charge on any atom is 0.104 e. The summed E-state index contributed by atoms with van der Waals surface area (Å²) >= 11 is 0. The molecule has 0 saturated heterocycles. The van der Waals surface area contributed by atoms with Crippen LogP contribution in [0.3, 0.4) is 0 Å². The van der Waals surface area contributed by atoms with Crippen LogP contribution in [0.5, 0.6) is 0 Å². The van der Waals surface area contributed by atoms with Crippen molar-refractivity contribution < 1.29 is 21.5 Å². The second-order valence-corrected chi connectivity index (χ2v) is 8.73. The molecule has 1 aromatic rings. The number of benzene rings is 1. The molecule has 0 amide bonds. The molecule has 28 heavy (non-hydrogen) atoms. The van der Waals surface area contributed by atoms with Gasteiger partial charge in [0.2, 0.25) is 0 Å². The van der Waals surface area contributed by atoms with Crippen LogP contribution in [-0.2, 0) is 0 Å². The summed E-state index contributed by atoms with van der Waals surface area (Å²) < 4.78 is 1.16. The SMILES string of the molecule is C=C(C[N+](C)(CCCCCCCC)CCCCCCCC)c1ccccc1.[Br-]. The van der Waals surface area contributed by atoms with Crippen LogP contribution >= 0.6 is 0 Å². The van der Waals surface area contributed by atoms with E-state index in [1.54, 1.807) is 0 Å². The summed E-state index contributed by atoms with van der Waals surface area (Å²) in [5.74, 6) is 0. The van der Waals surface area contributed by atoms with Crippen molar-refractivity contribution in [1.82, 2.24) is 0 Å². The third-order valence-corrected chi connectivity index (χ3v) is 5.86. The Hall–Kier alpha value is -0.600. The van der Waals surface area contributed by atoms with E-state index in [1.807, 2.05) is 0 Å². The number of hydrogen-bond donors (Lipinski definition) is 0. The van der Waals surface area contributed by atoms with Crippen LogP contribution in [-0.4, -0.2) is 31.2 Å². The van der Waals surface area contributed by atoms with Crippen LogP contribution in [0.4, 0.5) is 0 Å². The van der Waals surface area contributed by atoms with Crippen molar-refractivity contribution in [3.63, 3.8) is 0 Å². The fraction of sp³-hybridized carbons (Fsp3) is 0.692. The van der Waals surface area contributed by atoms with Gasteiger partial charge in [-0.1, -0.05) is 102 Å². The first-order valence-corrected chi connectivity index (χ1v) is 11.7. The first-order chi connectivity index (χ1) is 13.1. The van der Waals surface area contributed by atoms with Gasteiger partial charge in [0.25, 0.3) is 0 Å². The average molecular weight is 453 g/mol. The summed E-state index contributed by atoms with van der Waals surface area (Å²) in [5.41, 5.74) is 2.61. The van der Waals surface area contributed by atoms with Gasteiger partial charge in [-0.3, -0.25) is 0 Å². The van der Waals surface area contributed by atoms with E-state index in [9.17, 15) is 0 Å². The molecule has 0 aromatic heterocycles. The molecule has 0 aliphatic heterocycles. The highest BCUT2D eigenvalue weighted by molar-refractivity contribution is 5.63. The highest BCUT2D eigenvalue weighted by Gasteiger charge is 2.22. The lowest BCUT2D eigenvalue weighted by Crippen LogP contribution is -3.00. The molecule has 0 fully saturated rings. The van der Waals surface area contributed by atoms with Crippen molar-refractivity contribution in [3.05, 3.63) is 42.5 Å². The molecule has 0 radical (unpaired) electrons. The zero-order valence-corrected chi connectivity index (χ0v) is 20.6. The predicted octanol–water partition coefficient (Wildman–Crippen LogP) is 4.87. The van der Waals surface area contributed by atoms with Gasteiger partial charge in [0.05, 0.1) is 20.1 Å². The van der Waals surface area contributed by atoms with E-state index >= 15 is 0 Å². The largest absolute Gasteiger partial charge is 1.00 e. The molecule has 1 rings (SSSR count). The molecule has 0 N–H and O–H groups in total. The molecular weight excluding hydrogens is 406 g/mol. The first kappa shape index (κ1) is 27.4. The lowest BCUT2D eigenvalue weighted by atomic mass is 10.0. The van der Waals surface area contributed by atoms with E-state index in [4.69, 9.17) is 0 Å². The Bertz CT molecular complexity index is 466. The number of halogens is 1. The molecule has 0 unspecified atom stereocenters. The molecule has 1 nitrogen and oxygen atoms in total. The smallest absolute Gasteiger partial charge is 0.104 e. The van der Waals surface area contributed by atoms with Crippen LogP contribution in [0.1, 0.15) is 96.5 Å². The van der Waals surface area contributed by atoms with Crippen LogP contribution < -0.4 is 17.0 Å². The molecule has 0 spiro atoms. The maximum atomic E-state index is 4.43. The number of nitrogens with zero attached hydrogens (tertiary/aromatic N) is 1. The second kappa shape index (κ2) is 17.3. The third kappa shape index (κ3) is 12.8. The minimum atomic E-state index is 0. The molecule has 2 heteroatoms. The molecule has 0 aliphatic rings. The third-order valence-electron chi connectivity index (χ3n) is 5.86. The number of rotatable bonds is 17. The van der Waals surface area contributed by atoms with Gasteiger partial charge >= 0.3 is 0 Å². The zero-order chi connectivity index (χ0) is 19.8.